The van der Waals surface area contributed by atoms with E-state index in [1.165, 1.54) is 0 Å². The number of hydrogen-bond acceptors (Lipinski definition) is 3. The van der Waals surface area contributed by atoms with Crippen LogP contribution in [0.1, 0.15) is 31.4 Å². The van der Waals surface area contributed by atoms with Crippen LogP contribution in [-0.2, 0) is 4.79 Å². The molecule has 0 heterocycles. The topological polar surface area (TPSA) is 75.3 Å². The van der Waals surface area contributed by atoms with Crippen LogP contribution < -0.4 is 11.1 Å². The van der Waals surface area contributed by atoms with Gasteiger partial charge in [0, 0.05) is 6.04 Å². The number of nitrogens with one attached hydrogen (secondary N) is 1. The average Bonchev–Trinajstić information content (AvgIpc) is 3.18. The first-order valence-electron chi connectivity index (χ1n) is 6.31. The minimum absolute atomic E-state index is 0.00599. The molecule has 1 aromatic carbocycles. The van der Waals surface area contributed by atoms with Crippen molar-refractivity contribution in [1.29, 1.82) is 0 Å². The summed E-state index contributed by atoms with van der Waals surface area (Å²) in [6.45, 7) is 1.83. The summed E-state index contributed by atoms with van der Waals surface area (Å²) in [4.78, 5) is 12.1. The lowest BCUT2D eigenvalue weighted by atomic mass is 9.94. The second-order valence-electron chi connectivity index (χ2n) is 5.15. The highest BCUT2D eigenvalue weighted by molar-refractivity contribution is 5.80. The van der Waals surface area contributed by atoms with Crippen molar-refractivity contribution in [3.63, 3.8) is 0 Å². The number of carbonyl (C=O) groups is 1. The summed E-state index contributed by atoms with van der Waals surface area (Å²) in [5.74, 6) is -0.394. The van der Waals surface area contributed by atoms with Gasteiger partial charge in [0.05, 0.1) is 18.1 Å². The van der Waals surface area contributed by atoms with Gasteiger partial charge >= 0.3 is 0 Å². The Balaban J connectivity index is 1.98. The summed E-state index contributed by atoms with van der Waals surface area (Å²) in [5, 5.41) is 12.1. The first-order valence-corrected chi connectivity index (χ1v) is 6.31. The number of benzene rings is 1. The predicted octanol–water partition coefficient (Wildman–Crippen LogP) is 0.964. The van der Waals surface area contributed by atoms with Gasteiger partial charge in [-0.1, -0.05) is 37.3 Å². The van der Waals surface area contributed by atoms with E-state index in [2.05, 4.69) is 5.32 Å². The molecule has 1 aromatic rings. The van der Waals surface area contributed by atoms with Gasteiger partial charge in [-0.05, 0) is 18.4 Å². The van der Waals surface area contributed by atoms with Crippen molar-refractivity contribution in [1.82, 2.24) is 5.32 Å². The minimum Gasteiger partial charge on any atom is -0.394 e. The Bertz CT molecular complexity index is 415. The standard InChI is InChI=1S/C14H20N2O2/c1-10(12(15)11-5-3-2-4-6-11)13(18)16-14(9-17)7-8-14/h2-6,10,12,17H,7-9,15H2,1H3,(H,16,18). The molecule has 98 valence electrons. The molecule has 1 saturated carbocycles. The van der Waals surface area contributed by atoms with Gasteiger partial charge in [-0.15, -0.1) is 0 Å². The van der Waals surface area contributed by atoms with Gasteiger partial charge in [0.15, 0.2) is 0 Å². The zero-order valence-corrected chi connectivity index (χ0v) is 10.6. The first kappa shape index (κ1) is 13.1. The van der Waals surface area contributed by atoms with E-state index < -0.39 is 0 Å². The van der Waals surface area contributed by atoms with Crippen LogP contribution in [0.3, 0.4) is 0 Å². The van der Waals surface area contributed by atoms with E-state index in [0.29, 0.717) is 0 Å². The van der Waals surface area contributed by atoms with Crippen LogP contribution in [-0.4, -0.2) is 23.2 Å². The normalized spacial score (nSPS) is 19.9. The molecule has 1 aliphatic carbocycles. The smallest absolute Gasteiger partial charge is 0.225 e. The Labute approximate surface area is 107 Å². The number of carbonyl (C=O) groups excluding carboxylic acids is 1. The molecule has 2 rings (SSSR count). The molecule has 1 aliphatic rings. The lowest BCUT2D eigenvalue weighted by molar-refractivity contribution is -0.126. The number of aliphatic hydroxyl groups excluding tert-OH is 1. The fourth-order valence-corrected chi connectivity index (χ4v) is 1.98. The van der Waals surface area contributed by atoms with Gasteiger partial charge in [-0.3, -0.25) is 4.79 Å². The first-order chi connectivity index (χ1) is 8.58. The second kappa shape index (κ2) is 5.08. The summed E-state index contributed by atoms with van der Waals surface area (Å²) in [6, 6.07) is 9.28. The Morgan fingerprint density at radius 3 is 2.56 bits per heavy atom. The van der Waals surface area contributed by atoms with Crippen LogP contribution in [0, 0.1) is 5.92 Å². The molecular formula is C14H20N2O2. The molecule has 0 aliphatic heterocycles. The van der Waals surface area contributed by atoms with Crippen LogP contribution in [0.5, 0.6) is 0 Å². The van der Waals surface area contributed by atoms with Gasteiger partial charge in [0.2, 0.25) is 5.91 Å². The summed E-state index contributed by atoms with van der Waals surface area (Å²) >= 11 is 0. The summed E-state index contributed by atoms with van der Waals surface area (Å²) in [5.41, 5.74) is 6.68. The van der Waals surface area contributed by atoms with Crippen LogP contribution in [0.2, 0.25) is 0 Å². The number of nitrogens with two attached hydrogens (primary N) is 1. The maximum Gasteiger partial charge on any atom is 0.225 e. The maximum absolute atomic E-state index is 12.1. The van der Waals surface area contributed by atoms with Crippen molar-refractivity contribution < 1.29 is 9.90 Å². The molecular weight excluding hydrogens is 228 g/mol. The quantitative estimate of drug-likeness (QED) is 0.726. The van der Waals surface area contributed by atoms with Crippen molar-refractivity contribution in [3.8, 4) is 0 Å². The lowest BCUT2D eigenvalue weighted by Crippen LogP contribution is -2.44. The fourth-order valence-electron chi connectivity index (χ4n) is 1.98. The Morgan fingerprint density at radius 1 is 1.44 bits per heavy atom. The van der Waals surface area contributed by atoms with Crippen LogP contribution >= 0.6 is 0 Å². The second-order valence-corrected chi connectivity index (χ2v) is 5.15. The molecule has 0 bridgehead atoms. The van der Waals surface area contributed by atoms with Gasteiger partial charge < -0.3 is 16.2 Å². The highest BCUT2D eigenvalue weighted by Gasteiger charge is 2.44. The van der Waals surface area contributed by atoms with Crippen LogP contribution in [0.4, 0.5) is 0 Å². The predicted molar refractivity (Wildman–Crippen MR) is 69.7 cm³/mol. The minimum atomic E-state index is -0.373. The summed E-state index contributed by atoms with van der Waals surface area (Å²) in [7, 11) is 0. The third-order valence-corrected chi connectivity index (χ3v) is 3.68. The Hall–Kier alpha value is -1.39. The monoisotopic (exact) mass is 248 g/mol. The Kier molecular flexibility index (Phi) is 3.68. The molecule has 2 unspecified atom stereocenters. The molecule has 18 heavy (non-hydrogen) atoms. The maximum atomic E-state index is 12.1. The molecule has 1 amide bonds. The lowest BCUT2D eigenvalue weighted by Gasteiger charge is -2.23. The van der Waals surface area contributed by atoms with Crippen molar-refractivity contribution >= 4 is 5.91 Å². The molecule has 0 spiro atoms. The van der Waals surface area contributed by atoms with Gasteiger partial charge in [-0.25, -0.2) is 0 Å². The number of amides is 1. The van der Waals surface area contributed by atoms with Gasteiger partial charge in [0.25, 0.3) is 0 Å². The van der Waals surface area contributed by atoms with E-state index in [1.807, 2.05) is 37.3 Å². The third-order valence-electron chi connectivity index (χ3n) is 3.68. The van der Waals surface area contributed by atoms with Crippen molar-refractivity contribution in [2.75, 3.05) is 6.61 Å². The van der Waals surface area contributed by atoms with E-state index in [9.17, 15) is 9.90 Å². The fraction of sp³-hybridized carbons (Fsp3) is 0.500. The molecule has 2 atom stereocenters. The summed E-state index contributed by atoms with van der Waals surface area (Å²) < 4.78 is 0. The molecule has 4 N–H and O–H groups in total. The average molecular weight is 248 g/mol. The molecule has 0 radical (unpaired) electrons. The third kappa shape index (κ3) is 2.71. The Morgan fingerprint density at radius 2 is 2.06 bits per heavy atom. The molecule has 0 aromatic heterocycles. The van der Waals surface area contributed by atoms with Crippen molar-refractivity contribution in [2.45, 2.75) is 31.3 Å². The molecule has 1 fully saturated rings. The summed E-state index contributed by atoms with van der Waals surface area (Å²) in [6.07, 6.45) is 1.70. The van der Waals surface area contributed by atoms with Gasteiger partial charge in [-0.2, -0.15) is 0 Å². The van der Waals surface area contributed by atoms with Crippen LogP contribution in [0.25, 0.3) is 0 Å². The van der Waals surface area contributed by atoms with Crippen molar-refractivity contribution in [2.24, 2.45) is 11.7 Å². The van der Waals surface area contributed by atoms with Crippen LogP contribution in [0.15, 0.2) is 30.3 Å². The van der Waals surface area contributed by atoms with Gasteiger partial charge in [0.1, 0.15) is 0 Å². The molecule has 4 heteroatoms. The van der Waals surface area contributed by atoms with E-state index in [-0.39, 0.29) is 30.0 Å². The number of rotatable bonds is 5. The van der Waals surface area contributed by atoms with Crippen molar-refractivity contribution in [3.05, 3.63) is 35.9 Å². The van der Waals surface area contributed by atoms with E-state index in [1.54, 1.807) is 0 Å². The molecule has 4 nitrogen and oxygen atoms in total. The largest absolute Gasteiger partial charge is 0.394 e. The number of aliphatic hydroxyl groups is 1. The van der Waals surface area contributed by atoms with E-state index in [0.717, 1.165) is 18.4 Å². The van der Waals surface area contributed by atoms with E-state index in [4.69, 9.17) is 5.73 Å². The zero-order valence-electron chi connectivity index (χ0n) is 10.6. The highest BCUT2D eigenvalue weighted by Crippen LogP contribution is 2.35. The number of hydrogen-bond donors (Lipinski definition) is 3. The SMILES string of the molecule is CC(C(=O)NC1(CO)CC1)C(N)c1ccccc1. The molecule has 0 saturated heterocycles. The zero-order chi connectivity index (χ0) is 13.2. The van der Waals surface area contributed by atoms with E-state index >= 15 is 0 Å². The highest BCUT2D eigenvalue weighted by atomic mass is 16.3.